The molecule has 15 atom stereocenters. The predicted molar refractivity (Wildman–Crippen MR) is 347 cm³/mol. The molecule has 0 spiro atoms. The molecule has 0 N–H and O–H groups in total. The number of aryl methyl sites for hydroxylation is 2. The summed E-state index contributed by atoms with van der Waals surface area (Å²) in [5, 5.41) is 0. The van der Waals surface area contributed by atoms with Gasteiger partial charge in [0.2, 0.25) is 23.4 Å². The van der Waals surface area contributed by atoms with Gasteiger partial charge in [0.15, 0.2) is 46.9 Å². The van der Waals surface area contributed by atoms with Gasteiger partial charge in [-0.1, -0.05) is 0 Å². The Labute approximate surface area is 546 Å². The molecule has 15 unspecified atom stereocenters. The fourth-order valence-electron chi connectivity index (χ4n) is 10.2. The second kappa shape index (κ2) is 37.6. The quantitative estimate of drug-likeness (QED) is 0.0598. The molecule has 0 aliphatic rings. The fraction of sp³-hybridized carbons (Fsp3) is 0.686. The summed E-state index contributed by atoms with van der Waals surface area (Å²) in [6.45, 7) is 42.1. The van der Waals surface area contributed by atoms with E-state index in [4.69, 9.17) is 47.4 Å². The molecule has 2 aromatic rings. The van der Waals surface area contributed by atoms with Gasteiger partial charge in [0.05, 0.1) is 13.1 Å². The zero-order valence-corrected chi connectivity index (χ0v) is 59.7. The lowest BCUT2D eigenvalue weighted by Crippen LogP contribution is -2.47. The van der Waals surface area contributed by atoms with E-state index in [-0.39, 0.29) is 91.7 Å². The Morgan fingerprint density at radius 2 is 0.663 bits per heavy atom. The van der Waals surface area contributed by atoms with Crippen molar-refractivity contribution in [1.29, 1.82) is 0 Å². The highest BCUT2D eigenvalue weighted by molar-refractivity contribution is 5.90. The molecule has 2 aromatic carbocycles. The van der Waals surface area contributed by atoms with Crippen LogP contribution in [-0.2, 0) is 76.4 Å². The smallest absolute Gasteiger partial charge is 0.219 e. The number of amides is 2. The van der Waals surface area contributed by atoms with Crippen molar-refractivity contribution in [1.82, 2.24) is 9.80 Å². The van der Waals surface area contributed by atoms with Crippen LogP contribution in [0.1, 0.15) is 185 Å². The van der Waals surface area contributed by atoms with Crippen LogP contribution in [0.2, 0.25) is 0 Å². The van der Waals surface area contributed by atoms with Crippen molar-refractivity contribution in [3.8, 4) is 23.0 Å². The minimum Gasteiger partial charge on any atom is -0.491 e. The first-order valence-corrected chi connectivity index (χ1v) is 32.0. The molecule has 0 aliphatic carbocycles. The van der Waals surface area contributed by atoms with Gasteiger partial charge >= 0.3 is 0 Å². The van der Waals surface area contributed by atoms with Gasteiger partial charge in [0.25, 0.3) is 0 Å². The van der Waals surface area contributed by atoms with Crippen LogP contribution in [0.25, 0.3) is 0 Å². The zero-order chi connectivity index (χ0) is 70.7. The molecule has 0 fully saturated rings. The molecule has 518 valence electrons. The molecule has 2 rings (SSSR count). The Kier molecular flexibility index (Phi) is 33.4. The SMILES string of the molecule is CC(=O)C(C)OC(C)C(=O)C(C)Oc1c(C)cc(OCC(CN(C(C)=O)C(C)CCC(=O)C(C)OC(C)C(=O)C(C)Oc2c(C)cc(OCC(CN(C(C)=O)C(C)C)OC(C)C(=O)C(C)OC(C)C(C)=O)c(C)c2C)OC(C)C(=O)C(C)OC(C)C(C)=O)c(C)c1C. The molecule has 0 aliphatic heterocycles. The lowest BCUT2D eigenvalue weighted by atomic mass is 10.0. The summed E-state index contributed by atoms with van der Waals surface area (Å²) in [4.78, 5) is 133. The average Bonchev–Trinajstić information content (AvgIpc) is 0.830. The Bertz CT molecular complexity index is 2900. The van der Waals surface area contributed by atoms with Gasteiger partial charge < -0.3 is 57.2 Å². The van der Waals surface area contributed by atoms with Crippen molar-refractivity contribution in [3.05, 3.63) is 45.5 Å². The lowest BCUT2D eigenvalue weighted by Gasteiger charge is -2.33. The lowest BCUT2D eigenvalue weighted by molar-refractivity contribution is -0.153. The normalized spacial score (nSPS) is 16.6. The van der Waals surface area contributed by atoms with Gasteiger partial charge in [-0.3, -0.25) is 47.9 Å². The summed E-state index contributed by atoms with van der Waals surface area (Å²) in [5.41, 5.74) is 4.08. The molecular formula is C70H108N2O20. The average molecular weight is 1300 g/mol. The first-order valence-electron chi connectivity index (χ1n) is 32.0. The predicted octanol–water partition coefficient (Wildman–Crippen LogP) is 9.14. The van der Waals surface area contributed by atoms with E-state index in [1.807, 2.05) is 48.5 Å². The van der Waals surface area contributed by atoms with E-state index in [1.54, 1.807) is 107 Å². The maximum atomic E-state index is 13.9. The number of ether oxygens (including phenoxy) is 10. The molecule has 0 heterocycles. The molecule has 0 saturated heterocycles. The Balaban J connectivity index is 2.28. The summed E-state index contributed by atoms with van der Waals surface area (Å²) in [5.74, 6) is -1.26. The van der Waals surface area contributed by atoms with Gasteiger partial charge in [-0.2, -0.15) is 0 Å². The van der Waals surface area contributed by atoms with Gasteiger partial charge in [-0.25, -0.2) is 0 Å². The molecule has 92 heavy (non-hydrogen) atoms. The summed E-state index contributed by atoms with van der Waals surface area (Å²) in [6, 6.07) is 2.80. The van der Waals surface area contributed by atoms with Crippen molar-refractivity contribution in [2.75, 3.05) is 26.3 Å². The van der Waals surface area contributed by atoms with Crippen molar-refractivity contribution < 1.29 is 95.3 Å². The van der Waals surface area contributed by atoms with Crippen molar-refractivity contribution >= 4 is 58.1 Å². The number of nitrogens with zero attached hydrogens (tertiary/aromatic N) is 2. The minimum atomic E-state index is -1.08. The molecule has 0 saturated carbocycles. The van der Waals surface area contributed by atoms with E-state index in [1.165, 1.54) is 46.4 Å². The maximum absolute atomic E-state index is 13.9. The number of benzene rings is 2. The third kappa shape index (κ3) is 24.6. The monoisotopic (exact) mass is 1300 g/mol. The van der Waals surface area contributed by atoms with Gasteiger partial charge in [0.1, 0.15) is 109 Å². The number of rotatable bonds is 43. The number of Topliss-reactive ketones (excluding diaryl/α,β-unsaturated/α-hetero) is 8. The molecule has 0 bridgehead atoms. The van der Waals surface area contributed by atoms with Crippen LogP contribution < -0.4 is 18.9 Å². The van der Waals surface area contributed by atoms with Crippen molar-refractivity contribution in [3.63, 3.8) is 0 Å². The zero-order valence-electron chi connectivity index (χ0n) is 59.7. The van der Waals surface area contributed by atoms with Crippen molar-refractivity contribution in [2.24, 2.45) is 0 Å². The van der Waals surface area contributed by atoms with E-state index in [0.29, 0.717) is 56.4 Å². The van der Waals surface area contributed by atoms with E-state index in [2.05, 4.69) is 0 Å². The topological polar surface area (TPSA) is 269 Å². The van der Waals surface area contributed by atoms with Crippen LogP contribution >= 0.6 is 0 Å². The molecule has 0 aromatic heterocycles. The molecular weight excluding hydrogens is 1190 g/mol. The van der Waals surface area contributed by atoms with Gasteiger partial charge in [0, 0.05) is 32.4 Å². The number of carbonyl (C=O) groups excluding carboxylic acids is 10. The summed E-state index contributed by atoms with van der Waals surface area (Å²) in [6.07, 6.45) is -12.8. The third-order valence-electron chi connectivity index (χ3n) is 16.8. The van der Waals surface area contributed by atoms with E-state index in [0.717, 1.165) is 0 Å². The first-order chi connectivity index (χ1) is 42.5. The summed E-state index contributed by atoms with van der Waals surface area (Å²) < 4.78 is 60.9. The van der Waals surface area contributed by atoms with Gasteiger partial charge in [-0.15, -0.1) is 0 Å². The maximum Gasteiger partial charge on any atom is 0.219 e. The summed E-state index contributed by atoms with van der Waals surface area (Å²) >= 11 is 0. The van der Waals surface area contributed by atoms with E-state index >= 15 is 0 Å². The highest BCUT2D eigenvalue weighted by Crippen LogP contribution is 2.36. The Morgan fingerprint density at radius 1 is 0.370 bits per heavy atom. The summed E-state index contributed by atoms with van der Waals surface area (Å²) in [7, 11) is 0. The van der Waals surface area contributed by atoms with Crippen LogP contribution in [-0.4, -0.2) is 192 Å². The van der Waals surface area contributed by atoms with Crippen LogP contribution in [0, 0.1) is 41.5 Å². The van der Waals surface area contributed by atoms with Gasteiger partial charge in [-0.05, 0) is 218 Å². The van der Waals surface area contributed by atoms with Crippen LogP contribution in [0.3, 0.4) is 0 Å². The molecule has 2 amide bonds. The second-order valence-corrected chi connectivity index (χ2v) is 24.9. The van der Waals surface area contributed by atoms with Crippen LogP contribution in [0.5, 0.6) is 23.0 Å². The fourth-order valence-corrected chi connectivity index (χ4v) is 10.2. The molecule has 22 heteroatoms. The van der Waals surface area contributed by atoms with E-state index in [9.17, 15) is 47.9 Å². The minimum absolute atomic E-state index is 0.0302. The molecule has 0 radical (unpaired) electrons. The standard InChI is InChI=1S/C70H108N2O20/c1-35(2)71(58(25)76)31-60(89-54(21)65(79)50(17)85-46(13)43(10)73)33-83-63-29-36(3)70(41(8)39(63)6)92-57(24)68(82)53(20)88-49(16)62(78)28-27-38(5)72(59(26)77)32-61(90-55(22)66(80)51(18)86-47(14)44(11)74)34-84-64-30-37(4)69(42(9)40(64)7)91-56(23)67(81)52(19)87-48(15)45(12)75/h29-30,35,38,46-57,60-61H,27-28,31-34H2,1-26H3. The number of ketones is 8. The third-order valence-corrected chi connectivity index (χ3v) is 16.8. The number of carbonyl (C=O) groups is 10. The Hall–Kier alpha value is -6.30. The largest absolute Gasteiger partial charge is 0.491 e. The highest BCUT2D eigenvalue weighted by atomic mass is 16.6. The number of hydrogen-bond donors (Lipinski definition) is 0. The second-order valence-electron chi connectivity index (χ2n) is 24.9. The van der Waals surface area contributed by atoms with Crippen molar-refractivity contribution in [2.45, 2.75) is 290 Å². The first kappa shape index (κ1) is 81.8. The van der Waals surface area contributed by atoms with E-state index < -0.39 is 103 Å². The Morgan fingerprint density at radius 3 is 0.967 bits per heavy atom. The van der Waals surface area contributed by atoms with Crippen LogP contribution in [0.15, 0.2) is 12.1 Å². The molecule has 22 nitrogen and oxygen atoms in total. The highest BCUT2D eigenvalue weighted by Gasteiger charge is 2.34. The number of hydrogen-bond acceptors (Lipinski definition) is 20. The van der Waals surface area contributed by atoms with Crippen LogP contribution in [0.4, 0.5) is 0 Å².